The Hall–Kier alpha value is -3.23. The molecule has 2 N–H and O–H groups in total. The van der Waals surface area contributed by atoms with Crippen molar-refractivity contribution < 1.29 is 14.7 Å². The maximum absolute atomic E-state index is 12.9. The van der Waals surface area contributed by atoms with Crippen LogP contribution in [0.1, 0.15) is 41.6 Å². The largest absolute Gasteiger partial charge is 0.506 e. The molecule has 0 aliphatic rings. The van der Waals surface area contributed by atoms with Crippen molar-refractivity contribution in [2.45, 2.75) is 43.9 Å². The monoisotopic (exact) mass is 491 g/mol. The fraction of sp³-hybridized carbons (Fsp3) is 0.231. The maximum atomic E-state index is 12.9. The standard InChI is InChI=1S/C26H25N3O3S2/c1-4-16-6-9-18(10-7-16)22-21(5-2)34-26-23(22)25(27-14-28-26)33-15(3)24(32)29-19-12-17(13-30)8-11-20(19)31/h6-15,31H,4-5H2,1-3H3,(H,29,32). The number of anilines is 1. The first-order chi connectivity index (χ1) is 16.4. The van der Waals surface area contributed by atoms with Crippen molar-refractivity contribution in [1.29, 1.82) is 0 Å². The summed E-state index contributed by atoms with van der Waals surface area (Å²) in [4.78, 5) is 35.1. The summed E-state index contributed by atoms with van der Waals surface area (Å²) in [5, 5.41) is 14.0. The fourth-order valence-electron chi connectivity index (χ4n) is 3.69. The predicted molar refractivity (Wildman–Crippen MR) is 139 cm³/mol. The lowest BCUT2D eigenvalue weighted by molar-refractivity contribution is -0.115. The van der Waals surface area contributed by atoms with E-state index in [1.165, 1.54) is 46.7 Å². The van der Waals surface area contributed by atoms with E-state index in [0.29, 0.717) is 11.8 Å². The Morgan fingerprint density at radius 1 is 1.15 bits per heavy atom. The molecular formula is C26H25N3O3S2. The summed E-state index contributed by atoms with van der Waals surface area (Å²) < 4.78 is 0. The average Bonchev–Trinajstić information content (AvgIpc) is 3.25. The van der Waals surface area contributed by atoms with Crippen LogP contribution in [0.5, 0.6) is 5.75 Å². The molecule has 1 unspecified atom stereocenters. The minimum absolute atomic E-state index is 0.0937. The number of phenolic OH excluding ortho intramolecular Hbond substituents is 1. The van der Waals surface area contributed by atoms with E-state index in [4.69, 9.17) is 0 Å². The molecule has 4 aromatic rings. The van der Waals surface area contributed by atoms with E-state index in [1.54, 1.807) is 18.3 Å². The van der Waals surface area contributed by atoms with Crippen LogP contribution in [0.15, 0.2) is 53.8 Å². The third-order valence-corrected chi connectivity index (χ3v) is 7.91. The SMILES string of the molecule is CCc1ccc(-c2c(CC)sc3ncnc(SC(C)C(=O)Nc4cc(C=O)ccc4O)c23)cc1. The number of hydrogen-bond acceptors (Lipinski definition) is 7. The summed E-state index contributed by atoms with van der Waals surface area (Å²) in [5.74, 6) is -0.390. The summed E-state index contributed by atoms with van der Waals surface area (Å²) in [5.41, 5.74) is 4.09. The van der Waals surface area contributed by atoms with E-state index >= 15 is 0 Å². The van der Waals surface area contributed by atoms with E-state index in [9.17, 15) is 14.7 Å². The average molecular weight is 492 g/mol. The van der Waals surface area contributed by atoms with Gasteiger partial charge in [0, 0.05) is 16.0 Å². The van der Waals surface area contributed by atoms with Crippen LogP contribution in [0, 0.1) is 0 Å². The molecule has 2 heterocycles. The molecule has 2 aromatic carbocycles. The van der Waals surface area contributed by atoms with Gasteiger partial charge in [-0.15, -0.1) is 11.3 Å². The molecule has 1 atom stereocenters. The second-order valence-corrected chi connectivity index (χ2v) is 10.2. The Morgan fingerprint density at radius 3 is 2.59 bits per heavy atom. The van der Waals surface area contributed by atoms with Gasteiger partial charge in [0.05, 0.1) is 16.3 Å². The smallest absolute Gasteiger partial charge is 0.237 e. The lowest BCUT2D eigenvalue weighted by atomic mass is 10.0. The number of carbonyl (C=O) groups excluding carboxylic acids is 2. The summed E-state index contributed by atoms with van der Waals surface area (Å²) in [7, 11) is 0. The Labute approximate surface area is 206 Å². The molecule has 174 valence electrons. The highest BCUT2D eigenvalue weighted by Gasteiger charge is 2.23. The highest BCUT2D eigenvalue weighted by molar-refractivity contribution is 8.00. The minimum atomic E-state index is -0.502. The maximum Gasteiger partial charge on any atom is 0.237 e. The number of aromatic nitrogens is 2. The van der Waals surface area contributed by atoms with Crippen molar-refractivity contribution >= 4 is 51.2 Å². The van der Waals surface area contributed by atoms with Crippen molar-refractivity contribution in [1.82, 2.24) is 9.97 Å². The molecule has 0 aliphatic heterocycles. The lowest BCUT2D eigenvalue weighted by Crippen LogP contribution is -2.22. The highest BCUT2D eigenvalue weighted by Crippen LogP contribution is 2.43. The van der Waals surface area contributed by atoms with Crippen LogP contribution in [0.4, 0.5) is 5.69 Å². The first-order valence-corrected chi connectivity index (χ1v) is 12.8. The quantitative estimate of drug-likeness (QED) is 0.133. The van der Waals surface area contributed by atoms with E-state index in [-0.39, 0.29) is 17.3 Å². The number of thioether (sulfide) groups is 1. The molecule has 34 heavy (non-hydrogen) atoms. The second kappa shape index (κ2) is 10.4. The molecule has 0 saturated heterocycles. The number of hydrogen-bond donors (Lipinski definition) is 2. The van der Waals surface area contributed by atoms with Gasteiger partial charge in [-0.2, -0.15) is 0 Å². The topological polar surface area (TPSA) is 92.2 Å². The fourth-order valence-corrected chi connectivity index (χ4v) is 5.78. The highest BCUT2D eigenvalue weighted by atomic mass is 32.2. The van der Waals surface area contributed by atoms with Crippen LogP contribution in [-0.4, -0.2) is 32.5 Å². The second-order valence-electron chi connectivity index (χ2n) is 7.81. The lowest BCUT2D eigenvalue weighted by Gasteiger charge is -2.14. The van der Waals surface area contributed by atoms with Gasteiger partial charge in [-0.3, -0.25) is 9.59 Å². The summed E-state index contributed by atoms with van der Waals surface area (Å²) >= 11 is 3.00. The van der Waals surface area contributed by atoms with Crippen molar-refractivity contribution in [3.63, 3.8) is 0 Å². The number of carbonyl (C=O) groups is 2. The molecule has 1 amide bonds. The summed E-state index contributed by atoms with van der Waals surface area (Å²) in [6, 6.07) is 12.9. The first-order valence-electron chi connectivity index (χ1n) is 11.1. The minimum Gasteiger partial charge on any atom is -0.506 e. The number of aromatic hydroxyl groups is 1. The zero-order valence-corrected chi connectivity index (χ0v) is 20.8. The Balaban J connectivity index is 1.67. The molecule has 2 aromatic heterocycles. The van der Waals surface area contributed by atoms with Gasteiger partial charge >= 0.3 is 0 Å². The van der Waals surface area contributed by atoms with Crippen LogP contribution in [0.25, 0.3) is 21.3 Å². The number of amides is 1. The van der Waals surface area contributed by atoms with E-state index < -0.39 is 5.25 Å². The third kappa shape index (κ3) is 4.83. The van der Waals surface area contributed by atoms with Crippen LogP contribution >= 0.6 is 23.1 Å². The van der Waals surface area contributed by atoms with Gasteiger partial charge in [0.2, 0.25) is 5.91 Å². The third-order valence-electron chi connectivity index (χ3n) is 5.57. The van der Waals surface area contributed by atoms with Crippen molar-refractivity contribution in [2.24, 2.45) is 0 Å². The molecule has 0 radical (unpaired) electrons. The molecule has 0 fully saturated rings. The van der Waals surface area contributed by atoms with Crippen LogP contribution in [0.3, 0.4) is 0 Å². The number of thiophene rings is 1. The molecule has 6 nitrogen and oxygen atoms in total. The number of aldehydes is 1. The molecule has 0 bridgehead atoms. The van der Waals surface area contributed by atoms with E-state index in [2.05, 4.69) is 53.4 Å². The van der Waals surface area contributed by atoms with Gasteiger partial charge in [0.25, 0.3) is 0 Å². The van der Waals surface area contributed by atoms with Gasteiger partial charge in [0.15, 0.2) is 0 Å². The Bertz CT molecular complexity index is 1350. The zero-order chi connectivity index (χ0) is 24.2. The van der Waals surface area contributed by atoms with Crippen LogP contribution in [0.2, 0.25) is 0 Å². The van der Waals surface area contributed by atoms with Gasteiger partial charge in [-0.25, -0.2) is 9.97 Å². The van der Waals surface area contributed by atoms with Gasteiger partial charge in [-0.05, 0) is 49.1 Å². The molecule has 4 rings (SSSR count). The number of aryl methyl sites for hydroxylation is 2. The number of phenols is 1. The predicted octanol–water partition coefficient (Wildman–Crippen LogP) is 6.12. The molecular weight excluding hydrogens is 466 g/mol. The van der Waals surface area contributed by atoms with Gasteiger partial charge in [0.1, 0.15) is 28.2 Å². The van der Waals surface area contributed by atoms with E-state index in [1.807, 2.05) is 0 Å². The number of nitrogens with zero attached hydrogens (tertiary/aromatic N) is 2. The zero-order valence-electron chi connectivity index (χ0n) is 19.2. The number of nitrogens with one attached hydrogen (secondary N) is 1. The molecule has 8 heteroatoms. The molecule has 0 saturated carbocycles. The van der Waals surface area contributed by atoms with Crippen LogP contribution in [-0.2, 0) is 17.6 Å². The number of rotatable bonds is 8. The van der Waals surface area contributed by atoms with Gasteiger partial charge < -0.3 is 10.4 Å². The summed E-state index contributed by atoms with van der Waals surface area (Å²) in [6.07, 6.45) is 4.06. The van der Waals surface area contributed by atoms with Gasteiger partial charge in [-0.1, -0.05) is 49.9 Å². The Kier molecular flexibility index (Phi) is 7.29. The molecule has 0 aliphatic carbocycles. The normalized spacial score (nSPS) is 12.0. The number of fused-ring (bicyclic) bond motifs is 1. The number of benzene rings is 2. The van der Waals surface area contributed by atoms with Crippen molar-refractivity contribution in [3.05, 3.63) is 64.8 Å². The van der Waals surface area contributed by atoms with E-state index in [0.717, 1.165) is 39.2 Å². The Morgan fingerprint density at radius 2 is 1.91 bits per heavy atom. The molecule has 0 spiro atoms. The first kappa shape index (κ1) is 23.9. The van der Waals surface area contributed by atoms with Crippen molar-refractivity contribution in [3.8, 4) is 16.9 Å². The van der Waals surface area contributed by atoms with Crippen LogP contribution < -0.4 is 5.32 Å². The van der Waals surface area contributed by atoms with Crippen molar-refractivity contribution in [2.75, 3.05) is 5.32 Å². The summed E-state index contributed by atoms with van der Waals surface area (Å²) in [6.45, 7) is 6.05.